The smallest absolute Gasteiger partial charge is 0.160 e. The van der Waals surface area contributed by atoms with E-state index >= 15 is 0 Å². The second kappa shape index (κ2) is 4.87. The summed E-state index contributed by atoms with van der Waals surface area (Å²) in [7, 11) is 0. The normalized spacial score (nSPS) is 15.0. The Bertz CT molecular complexity index is 362. The molecule has 0 heterocycles. The zero-order valence-electron chi connectivity index (χ0n) is 7.62. The zero-order valence-corrected chi connectivity index (χ0v) is 9.21. The van der Waals surface area contributed by atoms with Crippen LogP contribution in [0.25, 0.3) is 0 Å². The van der Waals surface area contributed by atoms with Crippen molar-refractivity contribution >= 4 is 21.6 Å². The summed E-state index contributed by atoms with van der Waals surface area (Å²) >= 11 is 2.95. The Morgan fingerprint density at radius 1 is 1.27 bits per heavy atom. The van der Waals surface area contributed by atoms with E-state index in [0.29, 0.717) is 0 Å². The third-order valence-electron chi connectivity index (χ3n) is 1.97. The number of nitrogen functional groups attached to an aromatic ring is 1. The minimum atomic E-state index is -1.35. The molecule has 0 spiro atoms. The first-order valence-corrected chi connectivity index (χ1v) is 5.26. The molecule has 0 aliphatic heterocycles. The van der Waals surface area contributed by atoms with Gasteiger partial charge in [0, 0.05) is 22.6 Å². The lowest BCUT2D eigenvalue weighted by atomic mass is 10.0. The molecule has 2 unspecified atom stereocenters. The molecule has 84 valence electrons. The highest BCUT2D eigenvalue weighted by molar-refractivity contribution is 9.09. The Balaban J connectivity index is 3.09. The summed E-state index contributed by atoms with van der Waals surface area (Å²) in [5, 5.41) is 18.9. The second-order valence-electron chi connectivity index (χ2n) is 3.06. The number of alkyl halides is 1. The van der Waals surface area contributed by atoms with Crippen LogP contribution in [0.4, 0.5) is 14.5 Å². The van der Waals surface area contributed by atoms with E-state index in [1.807, 2.05) is 0 Å². The minimum absolute atomic E-state index is 0.0270. The molecular weight excluding hydrogens is 272 g/mol. The number of aliphatic hydroxyl groups excluding tert-OH is 2. The van der Waals surface area contributed by atoms with Crippen LogP contribution < -0.4 is 5.73 Å². The fraction of sp³-hybridized carbons (Fsp3) is 0.333. The molecule has 0 amide bonds. The van der Waals surface area contributed by atoms with Crippen LogP contribution in [-0.4, -0.2) is 21.6 Å². The van der Waals surface area contributed by atoms with Crippen LogP contribution in [0.1, 0.15) is 11.7 Å². The molecule has 0 aliphatic rings. The monoisotopic (exact) mass is 281 g/mol. The van der Waals surface area contributed by atoms with Gasteiger partial charge in [-0.25, -0.2) is 8.78 Å². The van der Waals surface area contributed by atoms with Crippen molar-refractivity contribution in [1.82, 2.24) is 0 Å². The highest BCUT2D eigenvalue weighted by Crippen LogP contribution is 2.26. The third kappa shape index (κ3) is 2.64. The molecule has 4 N–H and O–H groups in total. The molecule has 0 saturated carbocycles. The van der Waals surface area contributed by atoms with Crippen molar-refractivity contribution in [3.8, 4) is 0 Å². The molecule has 0 aliphatic carbocycles. The Labute approximate surface area is 93.7 Å². The lowest BCUT2D eigenvalue weighted by Crippen LogP contribution is -2.21. The summed E-state index contributed by atoms with van der Waals surface area (Å²) in [4.78, 5) is 0. The molecule has 0 aromatic heterocycles. The molecule has 15 heavy (non-hydrogen) atoms. The van der Waals surface area contributed by atoms with Gasteiger partial charge in [-0.05, 0) is 6.07 Å². The summed E-state index contributed by atoms with van der Waals surface area (Å²) in [5.74, 6) is -2.20. The maximum Gasteiger partial charge on any atom is 0.160 e. The van der Waals surface area contributed by atoms with Gasteiger partial charge in [0.05, 0.1) is 6.10 Å². The highest BCUT2D eigenvalue weighted by Gasteiger charge is 2.21. The first-order chi connectivity index (χ1) is 6.97. The number of hydrogen-bond acceptors (Lipinski definition) is 3. The van der Waals surface area contributed by atoms with Crippen LogP contribution in [-0.2, 0) is 0 Å². The number of anilines is 1. The van der Waals surface area contributed by atoms with Crippen molar-refractivity contribution in [1.29, 1.82) is 0 Å². The first kappa shape index (κ1) is 12.4. The van der Waals surface area contributed by atoms with Gasteiger partial charge >= 0.3 is 0 Å². The molecular formula is C9H10BrF2NO2. The molecule has 6 heteroatoms. The number of halogens is 3. The second-order valence-corrected chi connectivity index (χ2v) is 3.71. The number of hydrogen-bond donors (Lipinski definition) is 3. The Morgan fingerprint density at radius 3 is 2.33 bits per heavy atom. The van der Waals surface area contributed by atoms with Crippen LogP contribution in [0.3, 0.4) is 0 Å². The predicted octanol–water partition coefficient (Wildman–Crippen LogP) is 1.34. The first-order valence-electron chi connectivity index (χ1n) is 4.14. The molecule has 0 bridgehead atoms. The fourth-order valence-electron chi connectivity index (χ4n) is 1.13. The largest absolute Gasteiger partial charge is 0.398 e. The summed E-state index contributed by atoms with van der Waals surface area (Å²) < 4.78 is 25.5. The lowest BCUT2D eigenvalue weighted by Gasteiger charge is -2.17. The van der Waals surface area contributed by atoms with Crippen molar-refractivity contribution in [3.05, 3.63) is 29.3 Å². The van der Waals surface area contributed by atoms with E-state index in [-0.39, 0.29) is 16.6 Å². The standard InChI is InChI=1S/C9H10BrF2NO2/c10-3-8(14)9(15)4-1-5(11)6(12)2-7(4)13/h1-2,8-9,14-15H,3,13H2. The SMILES string of the molecule is Nc1cc(F)c(F)cc1C(O)C(O)CBr. The van der Waals surface area contributed by atoms with Gasteiger partial charge in [0.2, 0.25) is 0 Å². The molecule has 0 fully saturated rings. The number of benzene rings is 1. The maximum absolute atomic E-state index is 12.9. The van der Waals surface area contributed by atoms with Gasteiger partial charge in [-0.2, -0.15) is 0 Å². The quantitative estimate of drug-likeness (QED) is 0.579. The summed E-state index contributed by atoms with van der Waals surface area (Å²) in [6, 6.07) is 1.55. The zero-order chi connectivity index (χ0) is 11.6. The van der Waals surface area contributed by atoms with Crippen LogP contribution in [0.5, 0.6) is 0 Å². The molecule has 0 radical (unpaired) electrons. The van der Waals surface area contributed by atoms with Gasteiger partial charge in [-0.1, -0.05) is 15.9 Å². The van der Waals surface area contributed by atoms with E-state index in [0.717, 1.165) is 12.1 Å². The highest BCUT2D eigenvalue weighted by atomic mass is 79.9. The maximum atomic E-state index is 12.9. The van der Waals surface area contributed by atoms with E-state index < -0.39 is 23.8 Å². The average Bonchev–Trinajstić information content (AvgIpc) is 2.21. The summed E-state index contributed by atoms with van der Waals surface area (Å²) in [6.45, 7) is 0. The van der Waals surface area contributed by atoms with Crippen molar-refractivity contribution in [3.63, 3.8) is 0 Å². The van der Waals surface area contributed by atoms with Crippen LogP contribution in [0, 0.1) is 11.6 Å². The summed E-state index contributed by atoms with van der Waals surface area (Å²) in [6.07, 6.45) is -2.48. The van der Waals surface area contributed by atoms with Crippen LogP contribution in [0.2, 0.25) is 0 Å². The van der Waals surface area contributed by atoms with Crippen LogP contribution >= 0.6 is 15.9 Å². The number of rotatable bonds is 3. The van der Waals surface area contributed by atoms with Crippen molar-refractivity contribution in [2.75, 3.05) is 11.1 Å². The van der Waals surface area contributed by atoms with E-state index in [4.69, 9.17) is 5.73 Å². The molecule has 0 saturated heterocycles. The minimum Gasteiger partial charge on any atom is -0.398 e. The lowest BCUT2D eigenvalue weighted by molar-refractivity contribution is 0.0345. The molecule has 3 nitrogen and oxygen atoms in total. The van der Waals surface area contributed by atoms with Crippen molar-refractivity contribution in [2.45, 2.75) is 12.2 Å². The van der Waals surface area contributed by atoms with Gasteiger partial charge in [-0.3, -0.25) is 0 Å². The Hall–Kier alpha value is -0.720. The topological polar surface area (TPSA) is 66.5 Å². The number of nitrogens with two attached hydrogens (primary N) is 1. The summed E-state index contributed by atoms with van der Waals surface area (Å²) in [5.41, 5.74) is 5.27. The average molecular weight is 282 g/mol. The molecule has 1 aromatic rings. The van der Waals surface area contributed by atoms with Crippen LogP contribution in [0.15, 0.2) is 12.1 Å². The van der Waals surface area contributed by atoms with Crippen molar-refractivity contribution < 1.29 is 19.0 Å². The van der Waals surface area contributed by atoms with Crippen molar-refractivity contribution in [2.24, 2.45) is 0 Å². The van der Waals surface area contributed by atoms with E-state index in [1.165, 1.54) is 0 Å². The Morgan fingerprint density at radius 2 is 1.80 bits per heavy atom. The molecule has 2 atom stereocenters. The van der Waals surface area contributed by atoms with Gasteiger partial charge < -0.3 is 15.9 Å². The predicted molar refractivity (Wildman–Crippen MR) is 55.5 cm³/mol. The van der Waals surface area contributed by atoms with E-state index in [1.54, 1.807) is 0 Å². The van der Waals surface area contributed by atoms with Gasteiger partial charge in [0.25, 0.3) is 0 Å². The van der Waals surface area contributed by atoms with Gasteiger partial charge in [-0.15, -0.1) is 0 Å². The number of aliphatic hydroxyl groups is 2. The fourth-order valence-corrected chi connectivity index (χ4v) is 1.48. The molecule has 1 rings (SSSR count). The van der Waals surface area contributed by atoms with Gasteiger partial charge in [0.15, 0.2) is 11.6 Å². The van der Waals surface area contributed by atoms with Gasteiger partial charge in [0.1, 0.15) is 6.10 Å². The molecule has 1 aromatic carbocycles. The van der Waals surface area contributed by atoms with E-state index in [9.17, 15) is 19.0 Å². The van der Waals surface area contributed by atoms with E-state index in [2.05, 4.69) is 15.9 Å². The Kier molecular flexibility index (Phi) is 4.01. The third-order valence-corrected chi connectivity index (χ3v) is 2.63.